The second kappa shape index (κ2) is 10.9. The average Bonchev–Trinajstić information content (AvgIpc) is 3.24. The first kappa shape index (κ1) is 26.4. The van der Waals surface area contributed by atoms with Crippen molar-refractivity contribution in [1.29, 1.82) is 0 Å². The Balaban J connectivity index is 1.28. The zero-order valence-corrected chi connectivity index (χ0v) is 22.4. The normalized spacial score (nSPS) is 29.5. The molecule has 0 aromatic heterocycles. The molecular formula is C31H43NO5. The fourth-order valence-corrected chi connectivity index (χ4v) is 7.62. The van der Waals surface area contributed by atoms with Crippen molar-refractivity contribution in [1.82, 2.24) is 4.90 Å². The Kier molecular flexibility index (Phi) is 7.78. The minimum Gasteiger partial charge on any atom is -0.477 e. The van der Waals surface area contributed by atoms with Crippen molar-refractivity contribution < 1.29 is 24.2 Å². The summed E-state index contributed by atoms with van der Waals surface area (Å²) in [6.07, 6.45) is 14.4. The van der Waals surface area contributed by atoms with Gasteiger partial charge in [0.15, 0.2) is 23.4 Å². The summed E-state index contributed by atoms with van der Waals surface area (Å²) in [5, 5.41) is 12.2. The second-order valence-electron chi connectivity index (χ2n) is 11.6. The number of benzene rings is 1. The molecule has 5 rings (SSSR count). The number of rotatable bonds is 13. The number of hydrogen-bond acceptors (Lipinski definition) is 6. The van der Waals surface area contributed by atoms with Gasteiger partial charge in [0, 0.05) is 37.5 Å². The van der Waals surface area contributed by atoms with Crippen LogP contribution in [0.3, 0.4) is 0 Å². The molecule has 2 fully saturated rings. The molecule has 2 aliphatic heterocycles. The number of ketones is 1. The summed E-state index contributed by atoms with van der Waals surface area (Å²) >= 11 is 0. The first-order chi connectivity index (χ1) is 18.0. The van der Waals surface area contributed by atoms with Crippen LogP contribution >= 0.6 is 0 Å². The van der Waals surface area contributed by atoms with Gasteiger partial charge in [-0.1, -0.05) is 70.4 Å². The van der Waals surface area contributed by atoms with E-state index in [0.717, 1.165) is 36.9 Å². The van der Waals surface area contributed by atoms with Gasteiger partial charge >= 0.3 is 5.97 Å². The molecule has 0 radical (unpaired) electrons. The van der Waals surface area contributed by atoms with Gasteiger partial charge in [-0.25, -0.2) is 0 Å². The Labute approximate surface area is 221 Å². The summed E-state index contributed by atoms with van der Waals surface area (Å²) < 4.78 is 12.2. The molecule has 1 aromatic carbocycles. The molecule has 4 aliphatic rings. The number of unbranched alkanes of at least 4 members (excludes halogenated alkanes) is 8. The van der Waals surface area contributed by atoms with Crippen molar-refractivity contribution in [2.24, 2.45) is 0 Å². The number of piperidine rings is 1. The fourth-order valence-electron chi connectivity index (χ4n) is 7.62. The zero-order chi connectivity index (χ0) is 26.0. The number of aliphatic hydroxyl groups is 1. The SMILES string of the molecule is C=CCN1CC[C@]23c4c5ccc(OC(=O)CCCCCCCCCCC)c4O[C@H]2C(=O)CC[C@@]3(O)[C@H]1C5. The summed E-state index contributed by atoms with van der Waals surface area (Å²) in [6, 6.07) is 3.74. The molecule has 6 heteroatoms. The van der Waals surface area contributed by atoms with Crippen LogP contribution in [0, 0.1) is 0 Å². The molecule has 2 aliphatic carbocycles. The topological polar surface area (TPSA) is 76.1 Å². The predicted octanol–water partition coefficient (Wildman–Crippen LogP) is 5.42. The molecular weight excluding hydrogens is 466 g/mol. The van der Waals surface area contributed by atoms with Crippen LogP contribution in [-0.2, 0) is 21.4 Å². The third kappa shape index (κ3) is 4.44. The maximum Gasteiger partial charge on any atom is 0.311 e. The molecule has 1 saturated heterocycles. The van der Waals surface area contributed by atoms with Crippen molar-refractivity contribution >= 4 is 11.8 Å². The highest BCUT2D eigenvalue weighted by molar-refractivity contribution is 5.90. The number of likely N-dealkylation sites (tertiary alicyclic amines) is 1. The van der Waals surface area contributed by atoms with E-state index in [-0.39, 0.29) is 17.8 Å². The smallest absolute Gasteiger partial charge is 0.311 e. The van der Waals surface area contributed by atoms with Gasteiger partial charge in [-0.15, -0.1) is 6.58 Å². The highest BCUT2D eigenvalue weighted by Crippen LogP contribution is 2.64. The van der Waals surface area contributed by atoms with Gasteiger partial charge in [0.25, 0.3) is 0 Å². The van der Waals surface area contributed by atoms with Gasteiger partial charge in [-0.2, -0.15) is 0 Å². The van der Waals surface area contributed by atoms with Gasteiger partial charge in [0.2, 0.25) is 0 Å². The number of Topliss-reactive ketones (excluding diaryl/α,β-unsaturated/α-hetero) is 1. The van der Waals surface area contributed by atoms with E-state index in [1.807, 2.05) is 18.2 Å². The quantitative estimate of drug-likeness (QED) is 0.166. The lowest BCUT2D eigenvalue weighted by atomic mass is 9.49. The Morgan fingerprint density at radius 1 is 1.16 bits per heavy atom. The minimum atomic E-state index is -1.05. The van der Waals surface area contributed by atoms with E-state index in [1.54, 1.807) is 0 Å². The molecule has 1 N–H and O–H groups in total. The summed E-state index contributed by atoms with van der Waals surface area (Å²) in [4.78, 5) is 28.2. The van der Waals surface area contributed by atoms with Crippen LogP contribution in [0.2, 0.25) is 0 Å². The van der Waals surface area contributed by atoms with E-state index in [1.165, 1.54) is 38.5 Å². The standard InChI is InChI=1S/C31H43NO5/c1-3-5-6-7-8-9-10-11-12-13-26(34)36-24-15-14-22-21-25-31(35)17-16-23(33)29-30(31,27(22)28(24)37-29)18-20-32(25)19-4-2/h4,14-15,25,29,35H,2-3,5-13,16-21H2,1H3/t25-,29+,30+,31-/m1/s1. The van der Waals surface area contributed by atoms with Crippen molar-refractivity contribution in [3.05, 3.63) is 35.9 Å². The number of ether oxygens (including phenoxy) is 2. The molecule has 1 spiro atoms. The summed E-state index contributed by atoms with van der Waals surface area (Å²) in [5.74, 6) is 0.681. The summed E-state index contributed by atoms with van der Waals surface area (Å²) in [6.45, 7) is 7.62. The van der Waals surface area contributed by atoms with Crippen molar-refractivity contribution in [2.75, 3.05) is 13.1 Å². The minimum absolute atomic E-state index is 0.0385. The van der Waals surface area contributed by atoms with Crippen LogP contribution < -0.4 is 9.47 Å². The summed E-state index contributed by atoms with van der Waals surface area (Å²) in [5.41, 5.74) is 0.183. The molecule has 1 aromatic rings. The molecule has 0 amide bonds. The molecule has 37 heavy (non-hydrogen) atoms. The second-order valence-corrected chi connectivity index (χ2v) is 11.6. The Morgan fingerprint density at radius 3 is 2.62 bits per heavy atom. The molecule has 2 bridgehead atoms. The first-order valence-electron chi connectivity index (χ1n) is 14.6. The van der Waals surface area contributed by atoms with E-state index in [4.69, 9.17) is 9.47 Å². The lowest BCUT2D eigenvalue weighted by Gasteiger charge is -2.62. The molecule has 202 valence electrons. The van der Waals surface area contributed by atoms with Gasteiger partial charge in [-0.05, 0) is 37.3 Å². The van der Waals surface area contributed by atoms with Crippen LogP contribution in [0.25, 0.3) is 0 Å². The maximum absolute atomic E-state index is 13.1. The number of hydrogen-bond donors (Lipinski definition) is 1. The Bertz CT molecular complexity index is 1040. The van der Waals surface area contributed by atoms with Crippen LogP contribution in [0.1, 0.15) is 102 Å². The van der Waals surface area contributed by atoms with Crippen molar-refractivity contribution in [3.63, 3.8) is 0 Å². The van der Waals surface area contributed by atoms with E-state index in [0.29, 0.717) is 50.1 Å². The zero-order valence-electron chi connectivity index (χ0n) is 22.4. The highest BCUT2D eigenvalue weighted by atomic mass is 16.6. The Hall–Kier alpha value is -2.18. The largest absolute Gasteiger partial charge is 0.477 e. The average molecular weight is 510 g/mol. The predicted molar refractivity (Wildman–Crippen MR) is 143 cm³/mol. The number of nitrogens with zero attached hydrogens (tertiary/aromatic N) is 1. The van der Waals surface area contributed by atoms with E-state index in [9.17, 15) is 14.7 Å². The van der Waals surface area contributed by atoms with Crippen LogP contribution in [0.15, 0.2) is 24.8 Å². The Morgan fingerprint density at radius 2 is 1.89 bits per heavy atom. The number of esters is 1. The monoisotopic (exact) mass is 509 g/mol. The number of carbonyl (C=O) groups is 2. The van der Waals surface area contributed by atoms with Gasteiger partial charge < -0.3 is 14.6 Å². The highest BCUT2D eigenvalue weighted by Gasteiger charge is 2.73. The van der Waals surface area contributed by atoms with Crippen LogP contribution in [0.4, 0.5) is 0 Å². The molecule has 0 unspecified atom stereocenters. The van der Waals surface area contributed by atoms with Crippen molar-refractivity contribution in [2.45, 2.75) is 120 Å². The van der Waals surface area contributed by atoms with Crippen LogP contribution in [0.5, 0.6) is 11.5 Å². The number of carbonyl (C=O) groups excluding carboxylic acids is 2. The fraction of sp³-hybridized carbons (Fsp3) is 0.677. The van der Waals surface area contributed by atoms with Gasteiger partial charge in [0.05, 0.1) is 11.0 Å². The van der Waals surface area contributed by atoms with Crippen molar-refractivity contribution in [3.8, 4) is 11.5 Å². The lowest BCUT2D eigenvalue weighted by Crippen LogP contribution is -2.76. The van der Waals surface area contributed by atoms with E-state index < -0.39 is 17.1 Å². The first-order valence-corrected chi connectivity index (χ1v) is 14.6. The third-order valence-electron chi connectivity index (χ3n) is 9.43. The van der Waals surface area contributed by atoms with E-state index >= 15 is 0 Å². The van der Waals surface area contributed by atoms with Crippen LogP contribution in [-0.4, -0.2) is 52.6 Å². The molecule has 1 saturated carbocycles. The molecule has 4 atom stereocenters. The molecule has 2 heterocycles. The maximum atomic E-state index is 13.1. The molecule has 6 nitrogen and oxygen atoms in total. The van der Waals surface area contributed by atoms with E-state index in [2.05, 4.69) is 18.4 Å². The third-order valence-corrected chi connectivity index (χ3v) is 9.43. The van der Waals surface area contributed by atoms with Gasteiger partial charge in [-0.3, -0.25) is 14.5 Å². The van der Waals surface area contributed by atoms with Gasteiger partial charge in [0.1, 0.15) is 0 Å². The summed E-state index contributed by atoms with van der Waals surface area (Å²) in [7, 11) is 0. The lowest BCUT2D eigenvalue weighted by molar-refractivity contribution is -0.187.